The van der Waals surface area contributed by atoms with Crippen LogP contribution in [0.2, 0.25) is 0 Å². The van der Waals surface area contributed by atoms with Gasteiger partial charge in [0.2, 0.25) is 0 Å². The Balaban J connectivity index is 2.33. The third-order valence-corrected chi connectivity index (χ3v) is 6.86. The number of benzene rings is 2. The van der Waals surface area contributed by atoms with Crippen molar-refractivity contribution in [1.82, 2.24) is 0 Å². The van der Waals surface area contributed by atoms with E-state index in [0.29, 0.717) is 36.8 Å². The molecular weight excluding hydrogens is 574 g/mol. The van der Waals surface area contributed by atoms with Gasteiger partial charge in [-0.2, -0.15) is 0 Å². The van der Waals surface area contributed by atoms with Gasteiger partial charge in [0, 0.05) is 22.3 Å². The lowest BCUT2D eigenvalue weighted by Crippen LogP contribution is -2.16. The van der Waals surface area contributed by atoms with E-state index in [1.165, 1.54) is 12.1 Å². The van der Waals surface area contributed by atoms with Crippen LogP contribution in [0, 0.1) is 11.6 Å². The molecule has 0 fully saturated rings. The van der Waals surface area contributed by atoms with Crippen LogP contribution in [-0.2, 0) is 31.9 Å². The zero-order valence-electron chi connectivity index (χ0n) is 25.7. The Morgan fingerprint density at radius 3 is 1.39 bits per heavy atom. The predicted molar refractivity (Wildman–Crippen MR) is 164 cm³/mol. The predicted octanol–water partition coefficient (Wildman–Crippen LogP) is 6.04. The number of carbonyl (C=O) groups excluding carboxylic acids is 2. The first-order valence-corrected chi connectivity index (χ1v) is 15.0. The van der Waals surface area contributed by atoms with Crippen LogP contribution in [0.4, 0.5) is 8.78 Å². The number of unbranched alkanes of at least 4 members (excludes halogenated alkanes) is 4. The molecule has 0 unspecified atom stereocenters. The molecule has 44 heavy (non-hydrogen) atoms. The lowest BCUT2D eigenvalue weighted by atomic mass is 9.94. The first-order valence-electron chi connectivity index (χ1n) is 15.0. The van der Waals surface area contributed by atoms with Gasteiger partial charge in [-0.05, 0) is 49.9 Å². The van der Waals surface area contributed by atoms with Crippen LogP contribution in [0.1, 0.15) is 63.5 Å². The molecule has 0 aliphatic rings. The average molecular weight is 619 g/mol. The molecule has 2 aromatic carbocycles. The zero-order valence-corrected chi connectivity index (χ0v) is 25.7. The summed E-state index contributed by atoms with van der Waals surface area (Å²) < 4.78 is 53.7. The SMILES string of the molecule is C=C(CO)C(=O)OCCOc1ccc(-c2ccc(OCCOC(=O)C(=C)CO)c(CCCCC)c2F)c(F)c1CCCCC. The van der Waals surface area contributed by atoms with E-state index in [1.54, 1.807) is 12.1 Å². The summed E-state index contributed by atoms with van der Waals surface area (Å²) in [6.45, 7) is 9.51. The topological polar surface area (TPSA) is 112 Å². The fourth-order valence-electron chi connectivity index (χ4n) is 4.37. The normalized spacial score (nSPS) is 10.8. The lowest BCUT2D eigenvalue weighted by molar-refractivity contribution is -0.141. The van der Waals surface area contributed by atoms with E-state index >= 15 is 8.78 Å². The molecule has 0 radical (unpaired) electrons. The Morgan fingerprint density at radius 2 is 1.05 bits per heavy atom. The minimum atomic E-state index is -0.743. The van der Waals surface area contributed by atoms with E-state index in [0.717, 1.165) is 25.7 Å². The van der Waals surface area contributed by atoms with E-state index in [-0.39, 0.29) is 60.2 Å². The van der Waals surface area contributed by atoms with Crippen LogP contribution >= 0.6 is 0 Å². The molecule has 0 heterocycles. The molecule has 0 saturated heterocycles. The van der Waals surface area contributed by atoms with Crippen molar-refractivity contribution in [3.05, 3.63) is 71.3 Å². The molecule has 0 aromatic heterocycles. The van der Waals surface area contributed by atoms with Crippen molar-refractivity contribution in [2.75, 3.05) is 39.6 Å². The summed E-state index contributed by atoms with van der Waals surface area (Å²) in [5.74, 6) is -2.11. The number of rotatable bonds is 21. The van der Waals surface area contributed by atoms with Gasteiger partial charge < -0.3 is 29.2 Å². The van der Waals surface area contributed by atoms with Crippen molar-refractivity contribution in [3.8, 4) is 22.6 Å². The third kappa shape index (κ3) is 10.7. The molecule has 0 aliphatic heterocycles. The summed E-state index contributed by atoms with van der Waals surface area (Å²) in [6.07, 6.45) is 5.74. The molecule has 2 rings (SSSR count). The monoisotopic (exact) mass is 618 g/mol. The van der Waals surface area contributed by atoms with Crippen molar-refractivity contribution in [1.29, 1.82) is 0 Å². The number of ether oxygens (including phenoxy) is 4. The van der Waals surface area contributed by atoms with Crippen LogP contribution in [-0.4, -0.2) is 61.8 Å². The van der Waals surface area contributed by atoms with Gasteiger partial charge in [0.25, 0.3) is 0 Å². The van der Waals surface area contributed by atoms with Crippen LogP contribution in [0.5, 0.6) is 11.5 Å². The number of hydrogen-bond donors (Lipinski definition) is 2. The van der Waals surface area contributed by atoms with E-state index in [4.69, 9.17) is 29.2 Å². The second kappa shape index (κ2) is 19.5. The van der Waals surface area contributed by atoms with Crippen molar-refractivity contribution >= 4 is 11.9 Å². The second-order valence-corrected chi connectivity index (χ2v) is 10.2. The molecule has 2 N–H and O–H groups in total. The number of carbonyl (C=O) groups is 2. The van der Waals surface area contributed by atoms with E-state index in [9.17, 15) is 9.59 Å². The number of esters is 2. The summed E-state index contributed by atoms with van der Waals surface area (Å²) >= 11 is 0. The minimum Gasteiger partial charge on any atom is -0.490 e. The van der Waals surface area contributed by atoms with Gasteiger partial charge in [-0.1, -0.05) is 52.7 Å². The highest BCUT2D eigenvalue weighted by molar-refractivity contribution is 5.88. The molecule has 0 atom stereocenters. The standard InChI is InChI=1S/C34H44F2O8/c1-5-7-9-11-27-29(41-17-19-43-33(39)23(3)21-37)15-13-25(31(27)35)26-14-16-30(28(32(26)36)12-10-8-6-2)42-18-20-44-34(40)24(4)22-38/h13-16,37-38H,3-12,17-22H2,1-2H3. The summed E-state index contributed by atoms with van der Waals surface area (Å²) in [7, 11) is 0. The Bertz CT molecular complexity index is 1180. The Labute approximate surface area is 258 Å². The van der Waals surface area contributed by atoms with Crippen molar-refractivity contribution in [2.45, 2.75) is 65.2 Å². The summed E-state index contributed by atoms with van der Waals surface area (Å²) in [5, 5.41) is 18.0. The molecule has 0 spiro atoms. The molecular formula is C34H44F2O8. The van der Waals surface area contributed by atoms with Gasteiger partial charge in [-0.25, -0.2) is 18.4 Å². The largest absolute Gasteiger partial charge is 0.490 e. The number of halogens is 2. The van der Waals surface area contributed by atoms with Crippen molar-refractivity contribution < 1.29 is 47.5 Å². The maximum Gasteiger partial charge on any atom is 0.335 e. The van der Waals surface area contributed by atoms with Gasteiger partial charge >= 0.3 is 11.9 Å². The van der Waals surface area contributed by atoms with E-state index in [2.05, 4.69) is 13.2 Å². The number of hydrogen-bond acceptors (Lipinski definition) is 8. The van der Waals surface area contributed by atoms with Crippen LogP contribution in [0.3, 0.4) is 0 Å². The second-order valence-electron chi connectivity index (χ2n) is 10.2. The molecule has 10 heteroatoms. The summed E-state index contributed by atoms with van der Waals surface area (Å²) in [5.41, 5.74) is 0.626. The molecule has 242 valence electrons. The van der Waals surface area contributed by atoms with Crippen molar-refractivity contribution in [2.24, 2.45) is 0 Å². The van der Waals surface area contributed by atoms with Gasteiger partial charge in [-0.15, -0.1) is 0 Å². The quantitative estimate of drug-likeness (QED) is 0.0990. The first kappa shape index (κ1) is 36.4. The Hall–Kier alpha value is -3.76. The first-order chi connectivity index (χ1) is 21.2. The molecule has 0 saturated carbocycles. The maximum atomic E-state index is 16.1. The van der Waals surface area contributed by atoms with Crippen LogP contribution < -0.4 is 9.47 Å². The van der Waals surface area contributed by atoms with Crippen LogP contribution in [0.15, 0.2) is 48.6 Å². The van der Waals surface area contributed by atoms with E-state index in [1.807, 2.05) is 13.8 Å². The molecule has 0 aliphatic carbocycles. The zero-order chi connectivity index (χ0) is 32.5. The van der Waals surface area contributed by atoms with Crippen molar-refractivity contribution in [3.63, 3.8) is 0 Å². The lowest BCUT2D eigenvalue weighted by Gasteiger charge is -2.18. The van der Waals surface area contributed by atoms with Gasteiger partial charge in [-0.3, -0.25) is 0 Å². The smallest absolute Gasteiger partial charge is 0.335 e. The highest BCUT2D eigenvalue weighted by Crippen LogP contribution is 2.37. The van der Waals surface area contributed by atoms with Gasteiger partial charge in [0.1, 0.15) is 49.6 Å². The summed E-state index contributed by atoms with van der Waals surface area (Å²) in [6, 6.07) is 6.11. The van der Waals surface area contributed by atoms with Gasteiger partial charge in [0.05, 0.1) is 24.4 Å². The summed E-state index contributed by atoms with van der Waals surface area (Å²) in [4.78, 5) is 23.4. The fourth-order valence-corrected chi connectivity index (χ4v) is 4.37. The maximum absolute atomic E-state index is 16.1. The Morgan fingerprint density at radius 1 is 0.659 bits per heavy atom. The average Bonchev–Trinajstić information content (AvgIpc) is 3.03. The minimum absolute atomic E-state index is 0.0462. The highest BCUT2D eigenvalue weighted by atomic mass is 19.1. The molecule has 0 bridgehead atoms. The molecule has 2 aromatic rings. The van der Waals surface area contributed by atoms with Crippen LogP contribution in [0.25, 0.3) is 11.1 Å². The molecule has 8 nitrogen and oxygen atoms in total. The number of aliphatic hydroxyl groups excluding tert-OH is 2. The fraction of sp³-hybridized carbons (Fsp3) is 0.471. The highest BCUT2D eigenvalue weighted by Gasteiger charge is 2.22. The number of aliphatic hydroxyl groups is 2. The Kier molecular flexibility index (Phi) is 16.1. The molecule has 0 amide bonds. The third-order valence-electron chi connectivity index (χ3n) is 6.86. The van der Waals surface area contributed by atoms with E-state index < -0.39 is 36.8 Å². The van der Waals surface area contributed by atoms with Gasteiger partial charge in [0.15, 0.2) is 0 Å².